The molecule has 1 N–H and O–H groups in total. The fourth-order valence-electron chi connectivity index (χ4n) is 4.05. The Hall–Kier alpha value is -1.10. The third kappa shape index (κ3) is 4.11. The van der Waals surface area contributed by atoms with Gasteiger partial charge in [0.25, 0.3) is 0 Å². The number of piperidine rings is 1. The van der Waals surface area contributed by atoms with E-state index in [-0.39, 0.29) is 24.4 Å². The van der Waals surface area contributed by atoms with E-state index in [2.05, 4.69) is 42.3 Å². The molecule has 0 spiro atoms. The maximum Gasteiger partial charge on any atom is 0.241 e. The molecule has 24 heavy (non-hydrogen) atoms. The Bertz CT molecular complexity index is 545. The third-order valence-corrected chi connectivity index (χ3v) is 5.15. The second-order valence-corrected chi connectivity index (χ2v) is 6.90. The summed E-state index contributed by atoms with van der Waals surface area (Å²) >= 11 is 0. The molecule has 1 amide bonds. The molecule has 1 aromatic rings. The zero-order chi connectivity index (χ0) is 16.2. The number of anilines is 1. The van der Waals surface area contributed by atoms with Gasteiger partial charge in [-0.05, 0) is 63.9 Å². The van der Waals surface area contributed by atoms with E-state index in [4.69, 9.17) is 0 Å². The molecule has 1 atom stereocenters. The summed E-state index contributed by atoms with van der Waals surface area (Å²) in [5.74, 6) is 0.259. The monoisotopic (exact) mass is 351 g/mol. The second kappa shape index (κ2) is 8.84. The first kappa shape index (κ1) is 19.2. The van der Waals surface area contributed by atoms with Gasteiger partial charge < -0.3 is 10.2 Å². The molecule has 4 nitrogen and oxygen atoms in total. The maximum atomic E-state index is 13.0. The number of carbonyl (C=O) groups excluding carboxylic acids is 1. The molecule has 0 saturated carbocycles. The molecule has 1 aromatic carbocycles. The zero-order valence-electron chi connectivity index (χ0n) is 14.8. The van der Waals surface area contributed by atoms with Gasteiger partial charge in [0, 0.05) is 17.8 Å². The van der Waals surface area contributed by atoms with Crippen LogP contribution in [0.5, 0.6) is 0 Å². The highest BCUT2D eigenvalue weighted by atomic mass is 35.5. The van der Waals surface area contributed by atoms with Gasteiger partial charge in [-0.25, -0.2) is 0 Å². The van der Waals surface area contributed by atoms with Gasteiger partial charge in [0.1, 0.15) is 0 Å². The van der Waals surface area contributed by atoms with Crippen molar-refractivity contribution in [3.8, 4) is 0 Å². The number of halogens is 1. The normalized spacial score (nSPS) is 20.8. The zero-order valence-corrected chi connectivity index (χ0v) is 15.6. The molecule has 2 heterocycles. The minimum Gasteiger partial charge on any atom is -0.317 e. The average molecular weight is 352 g/mol. The van der Waals surface area contributed by atoms with Gasteiger partial charge in [-0.15, -0.1) is 12.4 Å². The molecule has 3 rings (SSSR count). The summed E-state index contributed by atoms with van der Waals surface area (Å²) in [5, 5.41) is 3.42. The Labute approximate surface area is 152 Å². The third-order valence-electron chi connectivity index (χ3n) is 5.15. The summed E-state index contributed by atoms with van der Waals surface area (Å²) in [6.45, 7) is 8.07. The number of hydrogen-bond donors (Lipinski definition) is 1. The number of carbonyl (C=O) groups is 1. The fraction of sp³-hybridized carbons (Fsp3) is 0.632. The first-order valence-electron chi connectivity index (χ1n) is 9.05. The Morgan fingerprint density at radius 2 is 2.00 bits per heavy atom. The van der Waals surface area contributed by atoms with Crippen molar-refractivity contribution in [2.75, 3.05) is 31.1 Å². The van der Waals surface area contributed by atoms with Crippen LogP contribution in [0.3, 0.4) is 0 Å². The van der Waals surface area contributed by atoms with Gasteiger partial charge in [0.05, 0.1) is 6.54 Å². The Morgan fingerprint density at radius 1 is 1.29 bits per heavy atom. The van der Waals surface area contributed by atoms with Crippen LogP contribution in [0.25, 0.3) is 0 Å². The number of amides is 1. The minimum atomic E-state index is 0. The molecule has 1 fully saturated rings. The van der Waals surface area contributed by atoms with Crippen molar-refractivity contribution in [3.63, 3.8) is 0 Å². The molecular weight excluding hydrogens is 322 g/mol. The van der Waals surface area contributed by atoms with Gasteiger partial charge in [-0.1, -0.05) is 25.1 Å². The van der Waals surface area contributed by atoms with E-state index < -0.39 is 0 Å². The van der Waals surface area contributed by atoms with E-state index in [1.807, 2.05) is 11.0 Å². The van der Waals surface area contributed by atoms with Crippen LogP contribution in [0.2, 0.25) is 0 Å². The van der Waals surface area contributed by atoms with E-state index in [0.717, 1.165) is 51.0 Å². The lowest BCUT2D eigenvalue weighted by molar-refractivity contribution is -0.120. The molecule has 134 valence electrons. The van der Waals surface area contributed by atoms with Crippen molar-refractivity contribution in [1.29, 1.82) is 0 Å². The molecule has 2 aliphatic heterocycles. The van der Waals surface area contributed by atoms with Gasteiger partial charge in [0.15, 0.2) is 0 Å². The predicted molar refractivity (Wildman–Crippen MR) is 102 cm³/mol. The molecule has 1 saturated heterocycles. The topological polar surface area (TPSA) is 35.6 Å². The van der Waals surface area contributed by atoms with E-state index >= 15 is 0 Å². The fourth-order valence-corrected chi connectivity index (χ4v) is 4.05. The molecule has 0 radical (unpaired) electrons. The maximum absolute atomic E-state index is 13.0. The van der Waals surface area contributed by atoms with Crippen LogP contribution >= 0.6 is 12.4 Å². The lowest BCUT2D eigenvalue weighted by atomic mass is 10.0. The highest BCUT2D eigenvalue weighted by Gasteiger charge is 2.32. The standard InChI is InChI=1S/C19H29N3O.ClH/c1-3-12-21(17-8-10-20-11-9-17)14-19(23)22-15(2)13-16-6-4-5-7-18(16)22;/h4-7,15,17,20H,3,8-14H2,1-2H3;1H. The smallest absolute Gasteiger partial charge is 0.241 e. The van der Waals surface area contributed by atoms with Crippen molar-refractivity contribution < 1.29 is 4.79 Å². The van der Waals surface area contributed by atoms with Crippen LogP contribution in [0.15, 0.2) is 24.3 Å². The number of fused-ring (bicyclic) bond motifs is 1. The predicted octanol–water partition coefficient (Wildman–Crippen LogP) is 2.85. The van der Waals surface area contributed by atoms with Crippen LogP contribution in [-0.2, 0) is 11.2 Å². The first-order chi connectivity index (χ1) is 11.2. The summed E-state index contributed by atoms with van der Waals surface area (Å²) in [6, 6.07) is 9.16. The van der Waals surface area contributed by atoms with Crippen molar-refractivity contribution in [2.24, 2.45) is 0 Å². The molecule has 0 aromatic heterocycles. The van der Waals surface area contributed by atoms with Crippen molar-refractivity contribution >= 4 is 24.0 Å². The lowest BCUT2D eigenvalue weighted by Crippen LogP contribution is -2.49. The van der Waals surface area contributed by atoms with E-state index in [0.29, 0.717) is 12.6 Å². The molecule has 2 aliphatic rings. The molecule has 0 bridgehead atoms. The van der Waals surface area contributed by atoms with Gasteiger partial charge in [-0.2, -0.15) is 0 Å². The largest absolute Gasteiger partial charge is 0.317 e. The number of para-hydroxylation sites is 1. The van der Waals surface area contributed by atoms with Crippen molar-refractivity contribution in [1.82, 2.24) is 10.2 Å². The molecule has 1 unspecified atom stereocenters. The van der Waals surface area contributed by atoms with E-state index in [1.165, 1.54) is 5.56 Å². The Morgan fingerprint density at radius 3 is 2.71 bits per heavy atom. The Balaban J connectivity index is 0.00000208. The number of rotatable bonds is 5. The summed E-state index contributed by atoms with van der Waals surface area (Å²) in [6.07, 6.45) is 4.38. The van der Waals surface area contributed by atoms with Crippen LogP contribution < -0.4 is 10.2 Å². The highest BCUT2D eigenvalue weighted by molar-refractivity contribution is 5.97. The van der Waals surface area contributed by atoms with Crippen molar-refractivity contribution in [2.45, 2.75) is 51.6 Å². The van der Waals surface area contributed by atoms with Gasteiger partial charge in [-0.3, -0.25) is 9.69 Å². The summed E-state index contributed by atoms with van der Waals surface area (Å²) in [5.41, 5.74) is 2.42. The molecule has 0 aliphatic carbocycles. The van der Waals surface area contributed by atoms with Gasteiger partial charge >= 0.3 is 0 Å². The van der Waals surface area contributed by atoms with Crippen LogP contribution in [0.1, 0.15) is 38.7 Å². The summed E-state index contributed by atoms with van der Waals surface area (Å²) < 4.78 is 0. The first-order valence-corrected chi connectivity index (χ1v) is 9.05. The Kier molecular flexibility index (Phi) is 7.08. The van der Waals surface area contributed by atoms with Crippen LogP contribution in [0, 0.1) is 0 Å². The summed E-state index contributed by atoms with van der Waals surface area (Å²) in [7, 11) is 0. The van der Waals surface area contributed by atoms with Crippen LogP contribution in [-0.4, -0.2) is 49.1 Å². The number of nitrogens with zero attached hydrogens (tertiary/aromatic N) is 2. The van der Waals surface area contributed by atoms with Gasteiger partial charge in [0.2, 0.25) is 5.91 Å². The average Bonchev–Trinajstić information content (AvgIpc) is 2.91. The SMILES string of the molecule is CCCN(CC(=O)N1c2ccccc2CC1C)C1CCNCC1.Cl. The number of hydrogen-bond acceptors (Lipinski definition) is 3. The van der Waals surface area contributed by atoms with Crippen LogP contribution in [0.4, 0.5) is 5.69 Å². The quantitative estimate of drug-likeness (QED) is 0.886. The van der Waals surface area contributed by atoms with Crippen molar-refractivity contribution in [3.05, 3.63) is 29.8 Å². The second-order valence-electron chi connectivity index (χ2n) is 6.90. The lowest BCUT2D eigenvalue weighted by Gasteiger charge is -2.35. The summed E-state index contributed by atoms with van der Waals surface area (Å²) in [4.78, 5) is 17.5. The molecule has 5 heteroatoms. The highest BCUT2D eigenvalue weighted by Crippen LogP contribution is 2.32. The van der Waals surface area contributed by atoms with E-state index in [1.54, 1.807) is 0 Å². The minimum absolute atomic E-state index is 0. The number of nitrogens with one attached hydrogen (secondary N) is 1. The number of benzene rings is 1. The molecular formula is C19H30ClN3O. The van der Waals surface area contributed by atoms with E-state index in [9.17, 15) is 4.79 Å².